The van der Waals surface area contributed by atoms with Gasteiger partial charge in [-0.15, -0.1) is 0 Å². The molecule has 0 bridgehead atoms. The lowest BCUT2D eigenvalue weighted by Gasteiger charge is -2.16. The Labute approximate surface area is 111 Å². The molecule has 18 heavy (non-hydrogen) atoms. The first-order valence-corrected chi connectivity index (χ1v) is 6.07. The summed E-state index contributed by atoms with van der Waals surface area (Å²) in [6.07, 6.45) is 0. The number of nitrogens with one attached hydrogen (secondary N) is 2. The Morgan fingerprint density at radius 3 is 3.00 bits per heavy atom. The lowest BCUT2D eigenvalue weighted by Crippen LogP contribution is -2.35. The van der Waals surface area contributed by atoms with E-state index in [1.54, 1.807) is 19.2 Å². The second-order valence-electron chi connectivity index (χ2n) is 3.90. The fraction of sp³-hybridized carbons (Fsp3) is 0.333. The summed E-state index contributed by atoms with van der Waals surface area (Å²) in [6.45, 7) is 1.81. The van der Waals surface area contributed by atoms with E-state index in [1.807, 2.05) is 17.0 Å². The highest BCUT2D eigenvalue weighted by Gasteiger charge is 2.19. The van der Waals surface area contributed by atoms with E-state index in [0.717, 1.165) is 13.1 Å². The molecule has 0 spiro atoms. The second kappa shape index (κ2) is 5.68. The lowest BCUT2D eigenvalue weighted by molar-refractivity contribution is -0.116. The highest BCUT2D eigenvalue weighted by atomic mass is 32.1. The first-order chi connectivity index (χ1) is 8.70. The molecule has 0 aliphatic carbocycles. The van der Waals surface area contributed by atoms with Crippen LogP contribution in [0.4, 0.5) is 5.69 Å². The Kier molecular flexibility index (Phi) is 3.99. The monoisotopic (exact) mass is 265 g/mol. The fourth-order valence-electron chi connectivity index (χ4n) is 1.77. The summed E-state index contributed by atoms with van der Waals surface area (Å²) in [6, 6.07) is 7.31. The van der Waals surface area contributed by atoms with Crippen molar-refractivity contribution in [3.8, 4) is 5.75 Å². The number of anilines is 1. The van der Waals surface area contributed by atoms with E-state index < -0.39 is 0 Å². The highest BCUT2D eigenvalue weighted by Crippen LogP contribution is 2.22. The highest BCUT2D eigenvalue weighted by molar-refractivity contribution is 7.80. The van der Waals surface area contributed by atoms with Crippen molar-refractivity contribution in [3.63, 3.8) is 0 Å². The van der Waals surface area contributed by atoms with Gasteiger partial charge in [-0.2, -0.15) is 0 Å². The normalized spacial score (nSPS) is 14.3. The van der Waals surface area contributed by atoms with Gasteiger partial charge in [0.1, 0.15) is 5.75 Å². The molecule has 1 amide bonds. The van der Waals surface area contributed by atoms with Crippen molar-refractivity contribution in [2.24, 2.45) is 0 Å². The standard InChI is InChI=1S/C12H15N3O2S/c1-17-10-5-3-2-4-9(10)14-11(16)8-15-7-6-13-12(15)18/h2-5H,6-8H2,1H3,(H,13,18)(H,14,16). The number of amides is 1. The average Bonchev–Trinajstić information content (AvgIpc) is 2.75. The van der Waals surface area contributed by atoms with Gasteiger partial charge in [-0.3, -0.25) is 4.79 Å². The summed E-state index contributed by atoms with van der Waals surface area (Å²) < 4.78 is 5.17. The number of para-hydroxylation sites is 2. The minimum Gasteiger partial charge on any atom is -0.495 e. The Hall–Kier alpha value is -1.82. The van der Waals surface area contributed by atoms with Crippen LogP contribution in [0.1, 0.15) is 0 Å². The van der Waals surface area contributed by atoms with Gasteiger partial charge < -0.3 is 20.3 Å². The summed E-state index contributed by atoms with van der Waals surface area (Å²) >= 11 is 5.08. The first-order valence-electron chi connectivity index (χ1n) is 5.66. The van der Waals surface area contributed by atoms with Gasteiger partial charge in [0.25, 0.3) is 0 Å². The van der Waals surface area contributed by atoms with Crippen LogP contribution in [0.15, 0.2) is 24.3 Å². The molecule has 1 aromatic rings. The number of thiocarbonyl (C=S) groups is 1. The van der Waals surface area contributed by atoms with Crippen LogP contribution in [0.25, 0.3) is 0 Å². The van der Waals surface area contributed by atoms with Crippen molar-refractivity contribution in [1.29, 1.82) is 0 Å². The Balaban J connectivity index is 1.96. The third kappa shape index (κ3) is 2.89. The van der Waals surface area contributed by atoms with E-state index in [-0.39, 0.29) is 12.5 Å². The molecule has 0 saturated carbocycles. The topological polar surface area (TPSA) is 53.6 Å². The molecule has 2 N–H and O–H groups in total. The predicted molar refractivity (Wildman–Crippen MR) is 73.8 cm³/mol. The van der Waals surface area contributed by atoms with Crippen LogP contribution in [0.5, 0.6) is 5.75 Å². The summed E-state index contributed by atoms with van der Waals surface area (Å²) in [5.74, 6) is 0.540. The van der Waals surface area contributed by atoms with Crippen molar-refractivity contribution in [1.82, 2.24) is 10.2 Å². The first kappa shape index (κ1) is 12.6. The minimum atomic E-state index is -0.106. The third-order valence-electron chi connectivity index (χ3n) is 2.66. The van der Waals surface area contributed by atoms with Gasteiger partial charge in [-0.25, -0.2) is 0 Å². The summed E-state index contributed by atoms with van der Waals surface area (Å²) in [5, 5.41) is 6.46. The molecule has 96 valence electrons. The van der Waals surface area contributed by atoms with E-state index in [0.29, 0.717) is 16.5 Å². The molecule has 1 heterocycles. The molecule has 5 nitrogen and oxygen atoms in total. The van der Waals surface area contributed by atoms with Gasteiger partial charge in [-0.1, -0.05) is 12.1 Å². The van der Waals surface area contributed by atoms with Gasteiger partial charge in [0, 0.05) is 13.1 Å². The Morgan fingerprint density at radius 1 is 1.56 bits per heavy atom. The predicted octanol–water partition coefficient (Wildman–Crippen LogP) is 0.824. The SMILES string of the molecule is COc1ccccc1NC(=O)CN1CCNC1=S. The number of methoxy groups -OCH3 is 1. The summed E-state index contributed by atoms with van der Waals surface area (Å²) in [7, 11) is 1.57. The number of nitrogens with zero attached hydrogens (tertiary/aromatic N) is 1. The molecule has 1 fully saturated rings. The van der Waals surface area contributed by atoms with E-state index in [4.69, 9.17) is 17.0 Å². The molecule has 1 aromatic carbocycles. The summed E-state index contributed by atoms with van der Waals surface area (Å²) in [5.41, 5.74) is 0.670. The molecular formula is C12H15N3O2S. The molecule has 6 heteroatoms. The van der Waals surface area contributed by atoms with Crippen LogP contribution >= 0.6 is 12.2 Å². The molecule has 0 radical (unpaired) electrons. The molecule has 1 saturated heterocycles. The fourth-order valence-corrected chi connectivity index (χ4v) is 2.03. The van der Waals surface area contributed by atoms with Crippen molar-refractivity contribution < 1.29 is 9.53 Å². The van der Waals surface area contributed by atoms with Gasteiger partial charge in [0.2, 0.25) is 5.91 Å². The van der Waals surface area contributed by atoms with Crippen LogP contribution < -0.4 is 15.4 Å². The van der Waals surface area contributed by atoms with Crippen LogP contribution in [-0.4, -0.2) is 42.7 Å². The smallest absolute Gasteiger partial charge is 0.244 e. The van der Waals surface area contributed by atoms with Crippen molar-refractivity contribution >= 4 is 28.9 Å². The largest absolute Gasteiger partial charge is 0.495 e. The van der Waals surface area contributed by atoms with Crippen molar-refractivity contribution in [2.75, 3.05) is 32.1 Å². The quantitative estimate of drug-likeness (QED) is 0.790. The molecule has 0 unspecified atom stereocenters. The zero-order chi connectivity index (χ0) is 13.0. The molecule has 0 aromatic heterocycles. The number of hydrogen-bond donors (Lipinski definition) is 2. The molecule has 0 atom stereocenters. The zero-order valence-corrected chi connectivity index (χ0v) is 10.9. The number of rotatable bonds is 4. The van der Waals surface area contributed by atoms with E-state index in [9.17, 15) is 4.79 Å². The van der Waals surface area contributed by atoms with Crippen LogP contribution in [0.2, 0.25) is 0 Å². The maximum atomic E-state index is 11.9. The second-order valence-corrected chi connectivity index (χ2v) is 4.29. The maximum Gasteiger partial charge on any atom is 0.244 e. The van der Waals surface area contributed by atoms with E-state index in [2.05, 4.69) is 10.6 Å². The zero-order valence-electron chi connectivity index (χ0n) is 10.1. The number of carbonyl (C=O) groups is 1. The van der Waals surface area contributed by atoms with E-state index >= 15 is 0 Å². The van der Waals surface area contributed by atoms with Gasteiger partial charge in [0.05, 0.1) is 19.3 Å². The minimum absolute atomic E-state index is 0.106. The van der Waals surface area contributed by atoms with Crippen LogP contribution in [-0.2, 0) is 4.79 Å². The Morgan fingerprint density at radius 2 is 2.33 bits per heavy atom. The van der Waals surface area contributed by atoms with Crippen LogP contribution in [0.3, 0.4) is 0 Å². The lowest BCUT2D eigenvalue weighted by atomic mass is 10.3. The van der Waals surface area contributed by atoms with Gasteiger partial charge in [-0.05, 0) is 24.4 Å². The molecule has 2 rings (SSSR count). The van der Waals surface area contributed by atoms with E-state index in [1.165, 1.54) is 0 Å². The number of benzene rings is 1. The molecular weight excluding hydrogens is 250 g/mol. The molecule has 1 aliphatic rings. The molecule has 1 aliphatic heterocycles. The third-order valence-corrected chi connectivity index (χ3v) is 3.06. The van der Waals surface area contributed by atoms with Gasteiger partial charge >= 0.3 is 0 Å². The number of ether oxygens (including phenoxy) is 1. The van der Waals surface area contributed by atoms with Crippen LogP contribution in [0, 0.1) is 0 Å². The maximum absolute atomic E-state index is 11.9. The van der Waals surface area contributed by atoms with Crippen molar-refractivity contribution in [2.45, 2.75) is 0 Å². The van der Waals surface area contributed by atoms with Crippen molar-refractivity contribution in [3.05, 3.63) is 24.3 Å². The average molecular weight is 265 g/mol. The summed E-state index contributed by atoms with van der Waals surface area (Å²) in [4.78, 5) is 13.7. The number of hydrogen-bond acceptors (Lipinski definition) is 3. The Bertz CT molecular complexity index is 464. The van der Waals surface area contributed by atoms with Gasteiger partial charge in [0.15, 0.2) is 5.11 Å². The number of carbonyl (C=O) groups excluding carboxylic acids is 1.